The standard InChI is InChI=1S/C45H34N4OS/c1-28-23-29(2)44(30(3)24-28)48-27-47(37-14-5-6-15-38(37)48)31-11-10-12-32(25-31)50-33-18-19-34-35-20-21-41-43(36-13-4-7-16-40(36)51-41)45(35)49(39(34)26-33)42-17-8-9-22-46-42/h4-26H,27H2,1-3H3/i4D,5D,6D,7D,10D,11D,12D,13D,14D,15D,16D,18D,19D,20D,21D. The van der Waals surface area contributed by atoms with E-state index in [0.717, 1.165) is 28.0 Å². The van der Waals surface area contributed by atoms with E-state index < -0.39 is 54.4 Å². The average Bonchev–Trinajstić information content (AvgIpc) is 3.98. The summed E-state index contributed by atoms with van der Waals surface area (Å²) >= 11 is 0.959. The van der Waals surface area contributed by atoms with Crippen molar-refractivity contribution in [3.63, 3.8) is 0 Å². The van der Waals surface area contributed by atoms with Gasteiger partial charge in [0.2, 0.25) is 0 Å². The first-order chi connectivity index (χ1) is 31.3. The Kier molecular flexibility index (Phi) is 4.10. The van der Waals surface area contributed by atoms with Crippen LogP contribution in [0.4, 0.5) is 22.7 Å². The molecule has 0 saturated carbocycles. The number of para-hydroxylation sites is 2. The topological polar surface area (TPSA) is 33.5 Å². The molecule has 1 aliphatic rings. The lowest BCUT2D eigenvalue weighted by molar-refractivity contribution is 0.483. The Balaban J connectivity index is 1.22. The molecule has 5 nitrogen and oxygen atoms in total. The zero-order valence-corrected chi connectivity index (χ0v) is 28.2. The SMILES string of the molecule is [2H]c1c(Oc2cc3c(c([2H])c2[2H])c2c([2H])c([2H])c4sc5c([2H])c([2H])c([2H])c([2H])c5c4c2n3-c2ccccn2)cc(N2CN(c3c(C)cc(C)cc3C)c3c([2H])c([2H])c([2H])c([2H])c32)c([2H])c1[2H]. The summed E-state index contributed by atoms with van der Waals surface area (Å²) < 4.78 is 142. The van der Waals surface area contributed by atoms with Gasteiger partial charge in [0, 0.05) is 60.6 Å². The van der Waals surface area contributed by atoms with Gasteiger partial charge in [-0.2, -0.15) is 0 Å². The average molecular weight is 694 g/mol. The highest BCUT2D eigenvalue weighted by atomic mass is 32.1. The van der Waals surface area contributed by atoms with Crippen LogP contribution >= 0.6 is 11.3 Å². The zero-order valence-electron chi connectivity index (χ0n) is 42.4. The molecule has 0 spiro atoms. The maximum Gasteiger partial charge on any atom is 0.137 e. The van der Waals surface area contributed by atoms with Gasteiger partial charge in [0.25, 0.3) is 0 Å². The van der Waals surface area contributed by atoms with Gasteiger partial charge < -0.3 is 14.5 Å². The first kappa shape index (κ1) is 18.2. The molecule has 10 rings (SSSR count). The Morgan fingerprint density at radius 3 is 2.27 bits per heavy atom. The normalized spacial score (nSPS) is 17.0. The van der Waals surface area contributed by atoms with E-state index in [2.05, 4.69) is 4.98 Å². The van der Waals surface area contributed by atoms with Crippen LogP contribution in [0, 0.1) is 20.8 Å². The van der Waals surface area contributed by atoms with E-state index in [9.17, 15) is 4.11 Å². The fourth-order valence-corrected chi connectivity index (χ4v) is 8.12. The van der Waals surface area contributed by atoms with Crippen LogP contribution in [0.25, 0.3) is 47.8 Å². The Labute approximate surface area is 321 Å². The second kappa shape index (κ2) is 11.5. The lowest BCUT2D eigenvalue weighted by Crippen LogP contribution is -2.25. The van der Waals surface area contributed by atoms with E-state index in [-0.39, 0.29) is 119 Å². The first-order valence-electron chi connectivity index (χ1n) is 23.6. The highest BCUT2D eigenvalue weighted by molar-refractivity contribution is 7.26. The molecule has 1 aliphatic heterocycles. The molecule has 0 bridgehead atoms. The van der Waals surface area contributed by atoms with Crippen LogP contribution in [0.3, 0.4) is 0 Å². The third-order valence-electron chi connectivity index (χ3n) is 9.07. The molecule has 0 amide bonds. The molecule has 3 aromatic heterocycles. The number of nitrogens with zero attached hydrogens (tertiary/aromatic N) is 4. The summed E-state index contributed by atoms with van der Waals surface area (Å²) in [6.45, 7) is 5.64. The fraction of sp³-hybridized carbons (Fsp3) is 0.0889. The third kappa shape index (κ3) is 4.71. The molecule has 0 aliphatic carbocycles. The summed E-state index contributed by atoms with van der Waals surface area (Å²) in [5.41, 5.74) is 3.95. The molecular formula is C45H34N4OS. The van der Waals surface area contributed by atoms with Crippen LogP contribution < -0.4 is 14.5 Å². The Hall–Kier alpha value is -6.11. The lowest BCUT2D eigenvalue weighted by atomic mass is 10.0. The summed E-state index contributed by atoms with van der Waals surface area (Å²) in [5.74, 6) is -0.305. The second-order valence-electron chi connectivity index (χ2n) is 12.3. The van der Waals surface area contributed by atoms with Crippen molar-refractivity contribution >= 4 is 76.1 Å². The lowest BCUT2D eigenvalue weighted by Gasteiger charge is -2.25. The smallest absolute Gasteiger partial charge is 0.137 e. The Morgan fingerprint density at radius 2 is 1.45 bits per heavy atom. The van der Waals surface area contributed by atoms with E-state index in [4.69, 9.17) is 21.2 Å². The molecule has 6 aromatic carbocycles. The Bertz CT molecular complexity index is 3650. The Morgan fingerprint density at radius 1 is 0.686 bits per heavy atom. The third-order valence-corrected chi connectivity index (χ3v) is 10.1. The van der Waals surface area contributed by atoms with E-state index >= 15 is 0 Å². The fourth-order valence-electron chi connectivity index (χ4n) is 7.15. The van der Waals surface area contributed by atoms with Crippen molar-refractivity contribution in [2.24, 2.45) is 0 Å². The molecule has 4 heterocycles. The van der Waals surface area contributed by atoms with Crippen LogP contribution in [-0.4, -0.2) is 16.2 Å². The number of aromatic nitrogens is 2. The summed E-state index contributed by atoms with van der Waals surface area (Å²) in [6, 6.07) is 5.38. The van der Waals surface area contributed by atoms with Gasteiger partial charge in [-0.1, -0.05) is 66.1 Å². The second-order valence-corrected chi connectivity index (χ2v) is 13.4. The number of hydrogen-bond acceptors (Lipinski definition) is 5. The molecule has 0 N–H and O–H groups in total. The number of aryl methyl sites for hydroxylation is 3. The molecular weight excluding hydrogens is 645 g/mol. The van der Waals surface area contributed by atoms with Gasteiger partial charge in [-0.05, 0) is 92.4 Å². The monoisotopic (exact) mass is 693 g/mol. The van der Waals surface area contributed by atoms with E-state index in [0.29, 0.717) is 5.69 Å². The predicted molar refractivity (Wildman–Crippen MR) is 214 cm³/mol. The quantitative estimate of drug-likeness (QED) is 0.180. The largest absolute Gasteiger partial charge is 0.457 e. The van der Waals surface area contributed by atoms with E-state index in [1.807, 2.05) is 32.9 Å². The van der Waals surface area contributed by atoms with Crippen LogP contribution in [0.15, 0.2) is 139 Å². The molecule has 0 saturated heterocycles. The first-order valence-corrected chi connectivity index (χ1v) is 16.9. The van der Waals surface area contributed by atoms with Crippen LogP contribution in [-0.2, 0) is 0 Å². The van der Waals surface area contributed by atoms with Crippen molar-refractivity contribution in [3.8, 4) is 17.3 Å². The van der Waals surface area contributed by atoms with Crippen molar-refractivity contribution in [3.05, 3.63) is 156 Å². The van der Waals surface area contributed by atoms with Gasteiger partial charge in [0.05, 0.1) is 43.0 Å². The molecule has 0 fully saturated rings. The minimum absolute atomic E-state index is 0.0263. The number of ether oxygens (including phenoxy) is 1. The molecule has 0 unspecified atom stereocenters. The van der Waals surface area contributed by atoms with Crippen molar-refractivity contribution in [2.45, 2.75) is 20.8 Å². The van der Waals surface area contributed by atoms with Gasteiger partial charge in [-0.25, -0.2) is 4.98 Å². The van der Waals surface area contributed by atoms with Gasteiger partial charge in [-0.3, -0.25) is 4.57 Å². The van der Waals surface area contributed by atoms with E-state index in [1.54, 1.807) is 27.7 Å². The van der Waals surface area contributed by atoms with Crippen molar-refractivity contribution in [1.82, 2.24) is 9.55 Å². The number of benzene rings is 6. The maximum atomic E-state index is 9.45. The summed E-state index contributed by atoms with van der Waals surface area (Å²) in [6.07, 6.45) is 1.52. The minimum atomic E-state index is -0.578. The van der Waals surface area contributed by atoms with Crippen molar-refractivity contribution in [1.29, 1.82) is 0 Å². The number of fused-ring (bicyclic) bond motifs is 8. The van der Waals surface area contributed by atoms with Crippen LogP contribution in [0.1, 0.15) is 37.3 Å². The highest BCUT2D eigenvalue weighted by Gasteiger charge is 2.30. The molecule has 6 heteroatoms. The van der Waals surface area contributed by atoms with Crippen LogP contribution in [0.2, 0.25) is 0 Å². The van der Waals surface area contributed by atoms with Gasteiger partial charge in [-0.15, -0.1) is 11.3 Å². The molecule has 51 heavy (non-hydrogen) atoms. The number of pyridine rings is 1. The van der Waals surface area contributed by atoms with Gasteiger partial charge in [0.15, 0.2) is 0 Å². The van der Waals surface area contributed by atoms with Crippen molar-refractivity contribution < 1.29 is 25.3 Å². The predicted octanol–water partition coefficient (Wildman–Crippen LogP) is 12.5. The molecule has 246 valence electrons. The molecule has 0 atom stereocenters. The number of thiophene rings is 1. The van der Waals surface area contributed by atoms with Crippen molar-refractivity contribution in [2.75, 3.05) is 16.5 Å². The van der Waals surface area contributed by atoms with Gasteiger partial charge in [0.1, 0.15) is 24.0 Å². The van der Waals surface area contributed by atoms with E-state index in [1.165, 1.54) is 23.2 Å². The van der Waals surface area contributed by atoms with Crippen LogP contribution in [0.5, 0.6) is 11.5 Å². The zero-order chi connectivity index (χ0) is 47.3. The summed E-state index contributed by atoms with van der Waals surface area (Å²) in [4.78, 5) is 7.81. The number of hydrogen-bond donors (Lipinski definition) is 0. The molecule has 0 radical (unpaired) electrons. The highest BCUT2D eigenvalue weighted by Crippen LogP contribution is 2.47. The maximum absolute atomic E-state index is 9.45. The summed E-state index contributed by atoms with van der Waals surface area (Å²) in [5, 5.41) is 0.498. The summed E-state index contributed by atoms with van der Waals surface area (Å²) in [7, 11) is 0. The minimum Gasteiger partial charge on any atom is -0.457 e. The number of rotatable bonds is 5. The van der Waals surface area contributed by atoms with Gasteiger partial charge >= 0.3 is 0 Å². The molecule has 9 aromatic rings. The number of anilines is 4.